The Morgan fingerprint density at radius 3 is 2.41 bits per heavy atom. The summed E-state index contributed by atoms with van der Waals surface area (Å²) in [5.41, 5.74) is 0. The molecule has 6 heteroatoms. The number of piperazine rings is 1. The molecular weight excluding hydrogens is 320 g/mol. The number of carbonyl (C=O) groups is 2. The van der Waals surface area contributed by atoms with Crippen LogP contribution in [0.5, 0.6) is 0 Å². The maximum atomic E-state index is 12.2. The zero-order valence-corrected chi connectivity index (χ0v) is 14.8. The third-order valence-corrected chi connectivity index (χ3v) is 5.03. The Bertz CT molecular complexity index is 522. The summed E-state index contributed by atoms with van der Waals surface area (Å²) in [6, 6.07) is 3.44. The van der Waals surface area contributed by atoms with Gasteiger partial charge in [0.05, 0.1) is 9.21 Å². The van der Waals surface area contributed by atoms with Crippen molar-refractivity contribution >= 4 is 34.6 Å². The van der Waals surface area contributed by atoms with Crippen LogP contribution in [0.15, 0.2) is 12.1 Å². The van der Waals surface area contributed by atoms with E-state index in [1.165, 1.54) is 11.3 Å². The van der Waals surface area contributed by atoms with Crippen molar-refractivity contribution in [1.82, 2.24) is 9.80 Å². The van der Waals surface area contributed by atoms with Gasteiger partial charge in [0.2, 0.25) is 5.91 Å². The largest absolute Gasteiger partial charge is 0.340 e. The van der Waals surface area contributed by atoms with Crippen LogP contribution in [0.4, 0.5) is 0 Å². The predicted molar refractivity (Wildman–Crippen MR) is 90.8 cm³/mol. The van der Waals surface area contributed by atoms with Crippen molar-refractivity contribution in [2.24, 2.45) is 5.92 Å². The van der Waals surface area contributed by atoms with Gasteiger partial charge in [-0.1, -0.05) is 25.4 Å². The SMILES string of the molecule is CC(C)CN1CCN(C(=O)CCC(=O)c2ccc(Cl)s2)CC1. The second kappa shape index (κ2) is 8.09. The molecule has 1 aliphatic heterocycles. The quantitative estimate of drug-likeness (QED) is 0.745. The lowest BCUT2D eigenvalue weighted by atomic mass is 10.1. The van der Waals surface area contributed by atoms with Crippen LogP contribution in [0, 0.1) is 5.92 Å². The van der Waals surface area contributed by atoms with Crippen LogP contribution in [0.3, 0.4) is 0 Å². The van der Waals surface area contributed by atoms with Gasteiger partial charge in [-0.15, -0.1) is 11.3 Å². The van der Waals surface area contributed by atoms with Gasteiger partial charge in [0.1, 0.15) is 0 Å². The van der Waals surface area contributed by atoms with Gasteiger partial charge in [-0.2, -0.15) is 0 Å². The lowest BCUT2D eigenvalue weighted by Crippen LogP contribution is -2.49. The fourth-order valence-electron chi connectivity index (χ4n) is 2.66. The van der Waals surface area contributed by atoms with Gasteiger partial charge in [0, 0.05) is 45.6 Å². The molecule has 1 saturated heterocycles. The van der Waals surface area contributed by atoms with Crippen molar-refractivity contribution in [3.63, 3.8) is 0 Å². The highest BCUT2D eigenvalue weighted by Crippen LogP contribution is 2.23. The number of halogens is 1. The summed E-state index contributed by atoms with van der Waals surface area (Å²) in [7, 11) is 0. The first-order chi connectivity index (χ1) is 10.5. The molecule has 122 valence electrons. The van der Waals surface area contributed by atoms with Gasteiger partial charge in [-0.05, 0) is 18.1 Å². The standard InChI is InChI=1S/C16H23ClN2O2S/c1-12(2)11-18-7-9-19(10-8-18)16(21)6-3-13(20)14-4-5-15(17)22-14/h4-5,12H,3,6-11H2,1-2H3. The summed E-state index contributed by atoms with van der Waals surface area (Å²) in [6.45, 7) is 8.89. The van der Waals surface area contributed by atoms with Crippen molar-refractivity contribution in [3.8, 4) is 0 Å². The Morgan fingerprint density at radius 2 is 1.86 bits per heavy atom. The van der Waals surface area contributed by atoms with Gasteiger partial charge >= 0.3 is 0 Å². The maximum absolute atomic E-state index is 12.2. The number of carbonyl (C=O) groups excluding carboxylic acids is 2. The lowest BCUT2D eigenvalue weighted by molar-refractivity contribution is -0.132. The minimum Gasteiger partial charge on any atom is -0.340 e. The van der Waals surface area contributed by atoms with E-state index in [4.69, 9.17) is 11.6 Å². The molecule has 0 saturated carbocycles. The smallest absolute Gasteiger partial charge is 0.223 e. The van der Waals surface area contributed by atoms with Crippen molar-refractivity contribution in [1.29, 1.82) is 0 Å². The molecule has 1 aromatic heterocycles. The van der Waals surface area contributed by atoms with Crippen molar-refractivity contribution in [2.45, 2.75) is 26.7 Å². The normalized spacial score (nSPS) is 16.3. The minimum atomic E-state index is 0.00342. The number of amides is 1. The van der Waals surface area contributed by atoms with Crippen LogP contribution < -0.4 is 0 Å². The van der Waals surface area contributed by atoms with Crippen LogP contribution in [0.1, 0.15) is 36.4 Å². The second-order valence-electron chi connectivity index (χ2n) is 6.10. The summed E-state index contributed by atoms with van der Waals surface area (Å²) in [5.74, 6) is 0.737. The molecule has 0 atom stereocenters. The highest BCUT2D eigenvalue weighted by atomic mass is 35.5. The summed E-state index contributed by atoms with van der Waals surface area (Å²) in [4.78, 5) is 29.1. The Hall–Kier alpha value is -0.910. The summed E-state index contributed by atoms with van der Waals surface area (Å²) < 4.78 is 0.607. The summed E-state index contributed by atoms with van der Waals surface area (Å²) >= 11 is 7.10. The van der Waals surface area contributed by atoms with E-state index in [0.717, 1.165) is 32.7 Å². The van der Waals surface area contributed by atoms with E-state index < -0.39 is 0 Å². The first kappa shape index (κ1) is 17.4. The molecule has 0 aliphatic carbocycles. The summed E-state index contributed by atoms with van der Waals surface area (Å²) in [5, 5.41) is 0. The number of hydrogen-bond acceptors (Lipinski definition) is 4. The molecular formula is C16H23ClN2O2S. The van der Waals surface area contributed by atoms with E-state index in [0.29, 0.717) is 21.6 Å². The lowest BCUT2D eigenvalue weighted by Gasteiger charge is -2.35. The fraction of sp³-hybridized carbons (Fsp3) is 0.625. The average molecular weight is 343 g/mol. The van der Waals surface area contributed by atoms with Crippen LogP contribution in [0.2, 0.25) is 4.34 Å². The first-order valence-electron chi connectivity index (χ1n) is 7.74. The number of thiophene rings is 1. The molecule has 1 amide bonds. The molecule has 1 aromatic rings. The molecule has 1 aliphatic rings. The molecule has 2 heterocycles. The molecule has 22 heavy (non-hydrogen) atoms. The van der Waals surface area contributed by atoms with E-state index in [-0.39, 0.29) is 18.1 Å². The Balaban J connectivity index is 1.73. The third kappa shape index (κ3) is 5.07. The fourth-order valence-corrected chi connectivity index (χ4v) is 3.67. The number of hydrogen-bond donors (Lipinski definition) is 0. The molecule has 2 rings (SSSR count). The number of rotatable bonds is 6. The molecule has 0 radical (unpaired) electrons. The van der Waals surface area contributed by atoms with E-state index in [2.05, 4.69) is 18.7 Å². The number of nitrogens with zero attached hydrogens (tertiary/aromatic N) is 2. The highest BCUT2D eigenvalue weighted by Gasteiger charge is 2.22. The first-order valence-corrected chi connectivity index (χ1v) is 8.94. The molecule has 0 N–H and O–H groups in total. The molecule has 4 nitrogen and oxygen atoms in total. The van der Waals surface area contributed by atoms with Crippen molar-refractivity contribution in [2.75, 3.05) is 32.7 Å². The minimum absolute atomic E-state index is 0.00342. The average Bonchev–Trinajstić information content (AvgIpc) is 2.91. The monoisotopic (exact) mass is 342 g/mol. The van der Waals surface area contributed by atoms with E-state index in [1.807, 2.05) is 4.90 Å². The molecule has 0 spiro atoms. The molecule has 1 fully saturated rings. The van der Waals surface area contributed by atoms with E-state index in [9.17, 15) is 9.59 Å². The Labute approximate surface area is 141 Å². The zero-order chi connectivity index (χ0) is 16.1. The third-order valence-electron chi connectivity index (χ3n) is 3.76. The van der Waals surface area contributed by atoms with Crippen LogP contribution in [0.25, 0.3) is 0 Å². The second-order valence-corrected chi connectivity index (χ2v) is 7.82. The molecule has 0 aromatic carbocycles. The van der Waals surface area contributed by atoms with Crippen molar-refractivity contribution < 1.29 is 9.59 Å². The van der Waals surface area contributed by atoms with Crippen LogP contribution >= 0.6 is 22.9 Å². The number of ketones is 1. The highest BCUT2D eigenvalue weighted by molar-refractivity contribution is 7.18. The van der Waals surface area contributed by atoms with Crippen molar-refractivity contribution in [3.05, 3.63) is 21.3 Å². The zero-order valence-electron chi connectivity index (χ0n) is 13.2. The molecule has 0 bridgehead atoms. The van der Waals surface area contributed by atoms with E-state index in [1.54, 1.807) is 12.1 Å². The summed E-state index contributed by atoms with van der Waals surface area (Å²) in [6.07, 6.45) is 0.556. The Kier molecular flexibility index (Phi) is 6.41. The van der Waals surface area contributed by atoms with Gasteiger partial charge in [0.15, 0.2) is 5.78 Å². The van der Waals surface area contributed by atoms with Gasteiger partial charge in [-0.25, -0.2) is 0 Å². The molecule has 0 unspecified atom stereocenters. The Morgan fingerprint density at radius 1 is 1.18 bits per heavy atom. The maximum Gasteiger partial charge on any atom is 0.223 e. The van der Waals surface area contributed by atoms with Crippen LogP contribution in [-0.2, 0) is 4.79 Å². The van der Waals surface area contributed by atoms with Gasteiger partial charge in [-0.3, -0.25) is 14.5 Å². The van der Waals surface area contributed by atoms with Gasteiger partial charge in [0.25, 0.3) is 0 Å². The van der Waals surface area contributed by atoms with Gasteiger partial charge < -0.3 is 4.90 Å². The number of Topliss-reactive ketones (excluding diaryl/α,β-unsaturated/α-hetero) is 1. The van der Waals surface area contributed by atoms with Crippen LogP contribution in [-0.4, -0.2) is 54.2 Å². The predicted octanol–water partition coefficient (Wildman–Crippen LogP) is 3.16. The topological polar surface area (TPSA) is 40.6 Å². The van der Waals surface area contributed by atoms with E-state index >= 15 is 0 Å².